The Labute approximate surface area is 110 Å². The van der Waals surface area contributed by atoms with Gasteiger partial charge in [-0.2, -0.15) is 0 Å². The number of carbonyl (C=O) groups excluding carboxylic acids is 1. The van der Waals surface area contributed by atoms with E-state index in [9.17, 15) is 4.79 Å². The fourth-order valence-electron chi connectivity index (χ4n) is 2.78. The highest BCUT2D eigenvalue weighted by Crippen LogP contribution is 2.42. The number of rotatable bonds is 7. The van der Waals surface area contributed by atoms with Gasteiger partial charge in [0, 0.05) is 25.0 Å². The summed E-state index contributed by atoms with van der Waals surface area (Å²) in [4.78, 5) is 14.3. The molecular formula is C14H27N3O. The van der Waals surface area contributed by atoms with Gasteiger partial charge in [0.25, 0.3) is 0 Å². The molecule has 1 amide bonds. The summed E-state index contributed by atoms with van der Waals surface area (Å²) >= 11 is 0. The summed E-state index contributed by atoms with van der Waals surface area (Å²) < 4.78 is 0. The van der Waals surface area contributed by atoms with Gasteiger partial charge in [-0.3, -0.25) is 9.69 Å². The molecule has 0 aromatic carbocycles. The van der Waals surface area contributed by atoms with Crippen molar-refractivity contribution >= 4 is 5.91 Å². The summed E-state index contributed by atoms with van der Waals surface area (Å²) in [6.07, 6.45) is 6.70. The van der Waals surface area contributed by atoms with E-state index in [1.807, 2.05) is 0 Å². The highest BCUT2D eigenvalue weighted by atomic mass is 16.1. The van der Waals surface area contributed by atoms with Crippen LogP contribution in [0.5, 0.6) is 0 Å². The molecule has 1 unspecified atom stereocenters. The van der Waals surface area contributed by atoms with Crippen molar-refractivity contribution in [3.05, 3.63) is 0 Å². The summed E-state index contributed by atoms with van der Waals surface area (Å²) in [5, 5.41) is 3.07. The second-order valence-electron chi connectivity index (χ2n) is 6.28. The van der Waals surface area contributed by atoms with Gasteiger partial charge in [-0.15, -0.1) is 0 Å². The highest BCUT2D eigenvalue weighted by molar-refractivity contribution is 5.76. The Balaban J connectivity index is 1.67. The number of nitrogens with zero attached hydrogens (tertiary/aromatic N) is 1. The van der Waals surface area contributed by atoms with Gasteiger partial charge in [-0.1, -0.05) is 6.42 Å². The normalized spacial score (nSPS) is 23.6. The van der Waals surface area contributed by atoms with E-state index in [0.717, 1.165) is 25.4 Å². The zero-order valence-electron chi connectivity index (χ0n) is 11.7. The first-order chi connectivity index (χ1) is 8.56. The number of carbonyl (C=O) groups is 1. The van der Waals surface area contributed by atoms with Crippen LogP contribution in [-0.2, 0) is 4.79 Å². The maximum Gasteiger partial charge on any atom is 0.220 e. The summed E-state index contributed by atoms with van der Waals surface area (Å²) in [7, 11) is 2.15. The fraction of sp³-hybridized carbons (Fsp3) is 0.929. The van der Waals surface area contributed by atoms with Crippen LogP contribution in [0.15, 0.2) is 0 Å². The van der Waals surface area contributed by atoms with Crippen molar-refractivity contribution in [2.75, 3.05) is 20.1 Å². The molecule has 0 aromatic heterocycles. The van der Waals surface area contributed by atoms with Crippen LogP contribution >= 0.6 is 0 Å². The SMILES string of the molecule is CC(CNC(=O)CC1(CN)CCC1)N(C)C1CC1. The first-order valence-corrected chi connectivity index (χ1v) is 7.25. The van der Waals surface area contributed by atoms with Gasteiger partial charge in [0.15, 0.2) is 0 Å². The number of amides is 1. The number of nitrogens with one attached hydrogen (secondary N) is 1. The van der Waals surface area contributed by atoms with Crippen molar-refractivity contribution in [1.82, 2.24) is 10.2 Å². The van der Waals surface area contributed by atoms with E-state index in [1.54, 1.807) is 0 Å². The Morgan fingerprint density at radius 1 is 1.50 bits per heavy atom. The summed E-state index contributed by atoms with van der Waals surface area (Å²) in [6.45, 7) is 3.59. The molecule has 2 aliphatic carbocycles. The zero-order valence-corrected chi connectivity index (χ0v) is 11.7. The molecule has 4 heteroatoms. The first-order valence-electron chi connectivity index (χ1n) is 7.25. The molecule has 2 aliphatic rings. The number of nitrogens with two attached hydrogens (primary N) is 1. The molecule has 0 aromatic rings. The molecule has 0 aliphatic heterocycles. The molecule has 1 atom stereocenters. The smallest absolute Gasteiger partial charge is 0.220 e. The Kier molecular flexibility index (Phi) is 4.28. The van der Waals surface area contributed by atoms with Crippen LogP contribution in [-0.4, -0.2) is 43.0 Å². The van der Waals surface area contributed by atoms with Crippen molar-refractivity contribution in [3.63, 3.8) is 0 Å². The molecule has 2 saturated carbocycles. The van der Waals surface area contributed by atoms with Crippen molar-refractivity contribution < 1.29 is 4.79 Å². The van der Waals surface area contributed by atoms with Crippen molar-refractivity contribution in [3.8, 4) is 0 Å². The molecule has 18 heavy (non-hydrogen) atoms. The number of likely N-dealkylation sites (N-methyl/N-ethyl adjacent to an activating group) is 1. The van der Waals surface area contributed by atoms with Crippen molar-refractivity contribution in [2.45, 2.75) is 57.5 Å². The van der Waals surface area contributed by atoms with Crippen molar-refractivity contribution in [1.29, 1.82) is 0 Å². The first kappa shape index (κ1) is 13.8. The third-order valence-electron chi connectivity index (χ3n) is 4.80. The molecule has 3 N–H and O–H groups in total. The minimum atomic E-state index is 0.121. The van der Waals surface area contributed by atoms with Gasteiger partial charge in [0.1, 0.15) is 0 Å². The molecule has 104 valence electrons. The molecule has 2 fully saturated rings. The largest absolute Gasteiger partial charge is 0.355 e. The molecular weight excluding hydrogens is 226 g/mol. The average Bonchev–Trinajstić information content (AvgIpc) is 3.13. The fourth-order valence-corrected chi connectivity index (χ4v) is 2.78. The predicted octanol–water partition coefficient (Wildman–Crippen LogP) is 1.10. The Morgan fingerprint density at radius 2 is 2.17 bits per heavy atom. The topological polar surface area (TPSA) is 58.4 Å². The van der Waals surface area contributed by atoms with E-state index in [2.05, 4.69) is 24.2 Å². The van der Waals surface area contributed by atoms with E-state index in [1.165, 1.54) is 19.3 Å². The average molecular weight is 253 g/mol. The van der Waals surface area contributed by atoms with Crippen LogP contribution in [0.2, 0.25) is 0 Å². The van der Waals surface area contributed by atoms with Gasteiger partial charge in [0.2, 0.25) is 5.91 Å². The lowest BCUT2D eigenvalue weighted by Crippen LogP contribution is -2.45. The van der Waals surface area contributed by atoms with E-state index in [-0.39, 0.29) is 11.3 Å². The van der Waals surface area contributed by atoms with E-state index in [0.29, 0.717) is 19.0 Å². The minimum Gasteiger partial charge on any atom is -0.355 e. The third-order valence-corrected chi connectivity index (χ3v) is 4.80. The van der Waals surface area contributed by atoms with E-state index >= 15 is 0 Å². The van der Waals surface area contributed by atoms with Gasteiger partial charge in [-0.25, -0.2) is 0 Å². The van der Waals surface area contributed by atoms with Gasteiger partial charge < -0.3 is 11.1 Å². The molecule has 4 nitrogen and oxygen atoms in total. The summed E-state index contributed by atoms with van der Waals surface area (Å²) in [6, 6.07) is 1.18. The zero-order chi connectivity index (χ0) is 13.2. The van der Waals surface area contributed by atoms with E-state index in [4.69, 9.17) is 5.73 Å². The second-order valence-corrected chi connectivity index (χ2v) is 6.28. The molecule has 0 spiro atoms. The lowest BCUT2D eigenvalue weighted by molar-refractivity contribution is -0.124. The summed E-state index contributed by atoms with van der Waals surface area (Å²) in [5.74, 6) is 0.177. The van der Waals surface area contributed by atoms with Crippen LogP contribution in [0.3, 0.4) is 0 Å². The minimum absolute atomic E-state index is 0.121. The van der Waals surface area contributed by atoms with Gasteiger partial charge in [-0.05, 0) is 51.6 Å². The van der Waals surface area contributed by atoms with Crippen LogP contribution in [0.1, 0.15) is 45.4 Å². The second kappa shape index (κ2) is 5.57. The Morgan fingerprint density at radius 3 is 2.61 bits per heavy atom. The van der Waals surface area contributed by atoms with Crippen LogP contribution < -0.4 is 11.1 Å². The molecule has 0 radical (unpaired) electrons. The summed E-state index contributed by atoms with van der Waals surface area (Å²) in [5.41, 5.74) is 5.90. The number of hydrogen-bond donors (Lipinski definition) is 2. The van der Waals surface area contributed by atoms with Crippen LogP contribution in [0, 0.1) is 5.41 Å². The maximum absolute atomic E-state index is 11.9. The van der Waals surface area contributed by atoms with Crippen LogP contribution in [0.4, 0.5) is 0 Å². The predicted molar refractivity (Wildman–Crippen MR) is 73.2 cm³/mol. The molecule has 2 rings (SSSR count). The van der Waals surface area contributed by atoms with Gasteiger partial charge >= 0.3 is 0 Å². The van der Waals surface area contributed by atoms with E-state index < -0.39 is 0 Å². The van der Waals surface area contributed by atoms with Crippen molar-refractivity contribution in [2.24, 2.45) is 11.1 Å². The highest BCUT2D eigenvalue weighted by Gasteiger charge is 2.37. The third kappa shape index (κ3) is 3.23. The van der Waals surface area contributed by atoms with Gasteiger partial charge in [0.05, 0.1) is 0 Å². The number of hydrogen-bond acceptors (Lipinski definition) is 3. The Hall–Kier alpha value is -0.610. The molecule has 0 saturated heterocycles. The monoisotopic (exact) mass is 253 g/mol. The lowest BCUT2D eigenvalue weighted by atomic mass is 9.66. The maximum atomic E-state index is 11.9. The molecule has 0 heterocycles. The quantitative estimate of drug-likeness (QED) is 0.714. The molecule has 0 bridgehead atoms. The Bertz CT molecular complexity index is 292. The standard InChI is InChI=1S/C14H27N3O/c1-11(17(2)12-4-5-12)9-16-13(18)8-14(10-15)6-3-7-14/h11-12H,3-10,15H2,1-2H3,(H,16,18). The van der Waals surface area contributed by atoms with Crippen LogP contribution in [0.25, 0.3) is 0 Å². The lowest BCUT2D eigenvalue weighted by Gasteiger charge is -2.40.